The molecular formula is C24H24F2N2O6. The van der Waals surface area contributed by atoms with Crippen LogP contribution < -0.4 is 10.6 Å². The second-order valence-corrected chi connectivity index (χ2v) is 8.26. The first-order valence-corrected chi connectivity index (χ1v) is 10.9. The average Bonchev–Trinajstić information content (AvgIpc) is 3.43. The molecule has 2 aromatic carbocycles. The lowest BCUT2D eigenvalue weighted by Crippen LogP contribution is -2.49. The Morgan fingerprint density at radius 2 is 1.62 bits per heavy atom. The molecule has 0 saturated carbocycles. The molecule has 0 spiro atoms. The van der Waals surface area contributed by atoms with Crippen molar-refractivity contribution in [3.8, 4) is 11.1 Å². The molecule has 1 aliphatic heterocycles. The van der Waals surface area contributed by atoms with Crippen LogP contribution in [0.3, 0.4) is 0 Å². The Morgan fingerprint density at radius 1 is 1.00 bits per heavy atom. The number of hydrogen-bond donors (Lipinski definition) is 3. The Labute approximate surface area is 194 Å². The second kappa shape index (κ2) is 9.76. The molecule has 2 atom stereocenters. The monoisotopic (exact) mass is 474 g/mol. The number of aliphatic carboxylic acids is 1. The second-order valence-electron chi connectivity index (χ2n) is 8.26. The highest BCUT2D eigenvalue weighted by molar-refractivity contribution is 5.84. The number of nitrogens with one attached hydrogen (secondary N) is 2. The van der Waals surface area contributed by atoms with Gasteiger partial charge in [0.1, 0.15) is 6.61 Å². The zero-order chi connectivity index (χ0) is 24.3. The molecule has 1 heterocycles. The van der Waals surface area contributed by atoms with E-state index in [1.807, 2.05) is 59.2 Å². The third kappa shape index (κ3) is 5.01. The van der Waals surface area contributed by atoms with Gasteiger partial charge in [-0.2, -0.15) is 8.78 Å². The molecule has 4 rings (SSSR count). The van der Waals surface area contributed by atoms with Crippen LogP contribution in [0.2, 0.25) is 0 Å². The summed E-state index contributed by atoms with van der Waals surface area (Å²) in [6.45, 7) is -1.52. The first-order valence-electron chi connectivity index (χ1n) is 10.9. The van der Waals surface area contributed by atoms with Gasteiger partial charge >= 0.3 is 18.0 Å². The molecule has 1 saturated heterocycles. The lowest BCUT2D eigenvalue weighted by atomic mass is 9.98. The molecule has 2 amide bonds. The number of halogens is 2. The number of hydrogen-bond acceptors (Lipinski definition) is 5. The minimum Gasteiger partial charge on any atom is -0.479 e. The molecule has 0 bridgehead atoms. The summed E-state index contributed by atoms with van der Waals surface area (Å²) in [7, 11) is 0. The summed E-state index contributed by atoms with van der Waals surface area (Å²) in [5, 5.41) is 12.9. The lowest BCUT2D eigenvalue weighted by molar-refractivity contribution is -0.150. The van der Waals surface area contributed by atoms with Gasteiger partial charge in [-0.3, -0.25) is 4.79 Å². The maximum Gasteiger partial charge on any atom is 0.407 e. The van der Waals surface area contributed by atoms with Crippen LogP contribution in [0.25, 0.3) is 11.1 Å². The van der Waals surface area contributed by atoms with Gasteiger partial charge in [0.05, 0.1) is 12.6 Å². The molecular weight excluding hydrogens is 450 g/mol. The molecule has 0 radical (unpaired) electrons. The maximum absolute atomic E-state index is 14.2. The number of rotatable bonds is 8. The van der Waals surface area contributed by atoms with Crippen LogP contribution in [0, 0.1) is 0 Å². The third-order valence-electron chi connectivity index (χ3n) is 6.00. The molecule has 0 aromatic heterocycles. The van der Waals surface area contributed by atoms with Gasteiger partial charge in [-0.25, -0.2) is 9.59 Å². The predicted octanol–water partition coefficient (Wildman–Crippen LogP) is 2.91. The summed E-state index contributed by atoms with van der Waals surface area (Å²) < 4.78 is 38.7. The van der Waals surface area contributed by atoms with Crippen molar-refractivity contribution in [2.45, 2.75) is 36.9 Å². The summed E-state index contributed by atoms with van der Waals surface area (Å²) >= 11 is 0. The average molecular weight is 474 g/mol. The van der Waals surface area contributed by atoms with E-state index in [9.17, 15) is 23.2 Å². The molecule has 2 unspecified atom stereocenters. The Bertz CT molecular complexity index is 1050. The van der Waals surface area contributed by atoms with Gasteiger partial charge < -0.3 is 25.2 Å². The Balaban J connectivity index is 1.25. The van der Waals surface area contributed by atoms with Crippen molar-refractivity contribution >= 4 is 18.0 Å². The number of alkyl carbamates (subject to hydrolysis) is 1. The third-order valence-corrected chi connectivity index (χ3v) is 6.00. The molecule has 8 nitrogen and oxygen atoms in total. The molecule has 34 heavy (non-hydrogen) atoms. The minimum absolute atomic E-state index is 0.0403. The number of amides is 2. The highest BCUT2D eigenvalue weighted by Crippen LogP contribution is 2.44. The van der Waals surface area contributed by atoms with Crippen molar-refractivity contribution in [3.05, 3.63) is 59.7 Å². The Kier molecular flexibility index (Phi) is 6.78. The summed E-state index contributed by atoms with van der Waals surface area (Å²) in [4.78, 5) is 34.8. The zero-order valence-electron chi connectivity index (χ0n) is 18.1. The molecule has 1 fully saturated rings. The number of carboxylic acids is 1. The van der Waals surface area contributed by atoms with E-state index in [4.69, 9.17) is 14.6 Å². The summed E-state index contributed by atoms with van der Waals surface area (Å²) in [5.74, 6) is -6.82. The quantitative estimate of drug-likeness (QED) is 0.542. The molecule has 10 heteroatoms. The lowest BCUT2D eigenvalue weighted by Gasteiger charge is -2.19. The van der Waals surface area contributed by atoms with Gasteiger partial charge in [-0.15, -0.1) is 0 Å². The number of ether oxygens (including phenoxy) is 2. The van der Waals surface area contributed by atoms with Crippen LogP contribution in [0.15, 0.2) is 48.5 Å². The van der Waals surface area contributed by atoms with Crippen LogP contribution in [0.4, 0.5) is 13.6 Å². The number of alkyl halides is 2. The number of benzene rings is 2. The topological polar surface area (TPSA) is 114 Å². The number of carboxylic acid groups (broad SMARTS) is 1. The van der Waals surface area contributed by atoms with E-state index in [-0.39, 0.29) is 25.5 Å². The largest absolute Gasteiger partial charge is 0.479 e. The van der Waals surface area contributed by atoms with E-state index < -0.39 is 42.6 Å². The van der Waals surface area contributed by atoms with Crippen LogP contribution in [0.5, 0.6) is 0 Å². The first-order chi connectivity index (χ1) is 16.3. The van der Waals surface area contributed by atoms with E-state index in [0.29, 0.717) is 6.42 Å². The van der Waals surface area contributed by atoms with Crippen LogP contribution in [-0.2, 0) is 19.1 Å². The van der Waals surface area contributed by atoms with E-state index in [2.05, 4.69) is 0 Å². The van der Waals surface area contributed by atoms with E-state index >= 15 is 0 Å². The van der Waals surface area contributed by atoms with E-state index in [0.717, 1.165) is 22.3 Å². The fraction of sp³-hybridized carbons (Fsp3) is 0.375. The van der Waals surface area contributed by atoms with Gasteiger partial charge in [0.15, 0.2) is 6.10 Å². The Hall–Kier alpha value is -3.53. The first kappa shape index (κ1) is 23.6. The molecule has 180 valence electrons. The smallest absolute Gasteiger partial charge is 0.407 e. The Morgan fingerprint density at radius 3 is 2.21 bits per heavy atom. The molecule has 3 N–H and O–H groups in total. The van der Waals surface area contributed by atoms with Crippen LogP contribution >= 0.6 is 0 Å². The van der Waals surface area contributed by atoms with Crippen molar-refractivity contribution in [2.24, 2.45) is 0 Å². The molecule has 2 aliphatic rings. The van der Waals surface area contributed by atoms with Gasteiger partial charge in [-0.05, 0) is 35.1 Å². The van der Waals surface area contributed by atoms with Gasteiger partial charge in [0.25, 0.3) is 5.91 Å². The number of carbonyl (C=O) groups is 3. The summed E-state index contributed by atoms with van der Waals surface area (Å²) in [5.41, 5.74) is 4.05. The predicted molar refractivity (Wildman–Crippen MR) is 117 cm³/mol. The fourth-order valence-corrected chi connectivity index (χ4v) is 4.29. The van der Waals surface area contributed by atoms with E-state index in [1.165, 1.54) is 0 Å². The highest BCUT2D eigenvalue weighted by Gasteiger charge is 2.40. The minimum atomic E-state index is -3.88. The summed E-state index contributed by atoms with van der Waals surface area (Å²) in [6, 6.07) is 15.4. The van der Waals surface area contributed by atoms with Gasteiger partial charge in [0.2, 0.25) is 0 Å². The number of carbonyl (C=O) groups excluding carboxylic acids is 2. The van der Waals surface area contributed by atoms with Crippen LogP contribution in [-0.4, -0.2) is 60.9 Å². The van der Waals surface area contributed by atoms with Crippen molar-refractivity contribution in [3.63, 3.8) is 0 Å². The van der Waals surface area contributed by atoms with Crippen molar-refractivity contribution in [1.29, 1.82) is 0 Å². The van der Waals surface area contributed by atoms with Crippen LogP contribution in [0.1, 0.15) is 29.9 Å². The maximum atomic E-state index is 14.2. The standard InChI is InChI=1S/C24H24F2N2O6/c25-24(26,22(31)27-11-14-9-10-20(34-14)21(29)30)13-28-23(32)33-12-19-17-7-3-1-5-15(17)16-6-2-4-8-18(16)19/h1-8,14,19-20H,9-13H2,(H,27,31)(H,28,32)(H,29,30). The summed E-state index contributed by atoms with van der Waals surface area (Å²) in [6.07, 6.45) is -2.14. The highest BCUT2D eigenvalue weighted by atomic mass is 19.3. The van der Waals surface area contributed by atoms with Gasteiger partial charge in [-0.1, -0.05) is 48.5 Å². The van der Waals surface area contributed by atoms with E-state index in [1.54, 1.807) is 0 Å². The molecule has 1 aliphatic carbocycles. The zero-order valence-corrected chi connectivity index (χ0v) is 18.1. The normalized spacial score (nSPS) is 19.2. The van der Waals surface area contributed by atoms with Crippen molar-refractivity contribution in [2.75, 3.05) is 19.7 Å². The fourth-order valence-electron chi connectivity index (χ4n) is 4.29. The van der Waals surface area contributed by atoms with Crippen molar-refractivity contribution in [1.82, 2.24) is 10.6 Å². The SMILES string of the molecule is O=C(NCC(F)(F)C(=O)NCC1CCC(C(=O)O)O1)OCC1c2ccccc2-c2ccccc21. The van der Waals surface area contributed by atoms with Crippen molar-refractivity contribution < 1.29 is 37.7 Å². The van der Waals surface area contributed by atoms with Gasteiger partial charge in [0, 0.05) is 12.5 Å². The molecule has 2 aromatic rings. The number of fused-ring (bicyclic) bond motifs is 3.